The first-order valence-corrected chi connectivity index (χ1v) is 12.6. The van der Waals surface area contributed by atoms with E-state index in [0.717, 1.165) is 30.3 Å². The van der Waals surface area contributed by atoms with Gasteiger partial charge < -0.3 is 19.0 Å². The van der Waals surface area contributed by atoms with Gasteiger partial charge in [-0.3, -0.25) is 9.59 Å². The molecule has 2 amide bonds. The Hall–Kier alpha value is -4.14. The highest BCUT2D eigenvalue weighted by Gasteiger charge is 2.44. The van der Waals surface area contributed by atoms with Crippen LogP contribution in [0.1, 0.15) is 46.0 Å². The average molecular weight is 500 g/mol. The monoisotopic (exact) mass is 499 g/mol. The van der Waals surface area contributed by atoms with Crippen molar-refractivity contribution in [3.63, 3.8) is 0 Å². The number of amides is 2. The van der Waals surface area contributed by atoms with E-state index in [1.807, 2.05) is 65.3 Å². The van der Waals surface area contributed by atoms with Gasteiger partial charge in [0.05, 0.1) is 18.5 Å². The average Bonchev–Trinajstić information content (AvgIpc) is 3.66. The second-order valence-corrected chi connectivity index (χ2v) is 10.0. The van der Waals surface area contributed by atoms with Gasteiger partial charge >= 0.3 is 0 Å². The van der Waals surface area contributed by atoms with Crippen molar-refractivity contribution in [1.29, 1.82) is 0 Å². The number of aromatic nitrogens is 3. The second kappa shape index (κ2) is 9.06. The summed E-state index contributed by atoms with van der Waals surface area (Å²) >= 11 is 0. The fraction of sp³-hybridized carbons (Fsp3) is 0.357. The first-order chi connectivity index (χ1) is 18.0. The maximum Gasteiger partial charge on any atom is 0.289 e. The molecule has 37 heavy (non-hydrogen) atoms. The van der Waals surface area contributed by atoms with Crippen LogP contribution in [0.25, 0.3) is 16.7 Å². The minimum Gasteiger partial charge on any atom is -0.493 e. The quantitative estimate of drug-likeness (QED) is 0.420. The number of methoxy groups -OCH3 is 1. The fourth-order valence-electron chi connectivity index (χ4n) is 5.56. The van der Waals surface area contributed by atoms with E-state index in [0.29, 0.717) is 54.7 Å². The lowest BCUT2D eigenvalue weighted by Gasteiger charge is -2.38. The highest BCUT2D eigenvalue weighted by molar-refractivity contribution is 5.97. The molecule has 0 unspecified atom stereocenters. The van der Waals surface area contributed by atoms with Gasteiger partial charge in [-0.1, -0.05) is 30.3 Å². The number of carbonyl (C=O) groups excluding carboxylic acids is 2. The van der Waals surface area contributed by atoms with Crippen LogP contribution in [0.2, 0.25) is 0 Å². The molecule has 9 heteroatoms. The maximum atomic E-state index is 13.4. The number of benzene rings is 2. The molecule has 2 saturated heterocycles. The molecule has 0 saturated carbocycles. The Bertz CT molecular complexity index is 1470. The molecule has 2 aromatic heterocycles. The van der Waals surface area contributed by atoms with Crippen molar-refractivity contribution in [3.8, 4) is 11.4 Å². The van der Waals surface area contributed by atoms with Crippen LogP contribution in [0, 0.1) is 12.3 Å². The molecule has 0 atom stereocenters. The highest BCUT2D eigenvalue weighted by atomic mass is 16.5. The van der Waals surface area contributed by atoms with Gasteiger partial charge in [0, 0.05) is 31.6 Å². The zero-order chi connectivity index (χ0) is 25.6. The number of likely N-dealkylation sites (tertiary alicyclic amines) is 2. The number of fused-ring (bicyclic) bond motifs is 1. The summed E-state index contributed by atoms with van der Waals surface area (Å²) < 4.78 is 11.2. The van der Waals surface area contributed by atoms with E-state index in [1.54, 1.807) is 13.2 Å². The zero-order valence-corrected chi connectivity index (χ0v) is 21.0. The Kier molecular flexibility index (Phi) is 5.70. The number of hydrogen-bond donors (Lipinski definition) is 0. The number of para-hydroxylation sites is 2. The molecular formula is C28H29N5O4. The van der Waals surface area contributed by atoms with Crippen LogP contribution in [-0.4, -0.2) is 69.9 Å². The highest BCUT2D eigenvalue weighted by Crippen LogP contribution is 2.41. The van der Waals surface area contributed by atoms with Gasteiger partial charge in [0.1, 0.15) is 0 Å². The van der Waals surface area contributed by atoms with Crippen molar-refractivity contribution in [2.45, 2.75) is 26.2 Å². The lowest BCUT2D eigenvalue weighted by atomic mass is 9.77. The number of rotatable bonds is 4. The van der Waals surface area contributed by atoms with E-state index in [9.17, 15) is 9.59 Å². The maximum absolute atomic E-state index is 13.4. The molecule has 2 aliphatic rings. The molecule has 6 rings (SSSR count). The van der Waals surface area contributed by atoms with Gasteiger partial charge in [-0.2, -0.15) is 9.90 Å². The molecule has 4 heterocycles. The van der Waals surface area contributed by atoms with Crippen molar-refractivity contribution in [3.05, 3.63) is 71.7 Å². The van der Waals surface area contributed by atoms with Gasteiger partial charge in [-0.05, 0) is 55.9 Å². The number of hydrogen-bond acceptors (Lipinski definition) is 6. The van der Waals surface area contributed by atoms with Gasteiger partial charge in [-0.25, -0.2) is 0 Å². The van der Waals surface area contributed by atoms with Crippen LogP contribution in [-0.2, 0) is 0 Å². The number of aryl methyl sites for hydroxylation is 1. The molecule has 190 valence electrons. The smallest absolute Gasteiger partial charge is 0.289 e. The molecule has 2 fully saturated rings. The Labute approximate surface area is 214 Å². The van der Waals surface area contributed by atoms with Crippen LogP contribution in [0.15, 0.2) is 59.0 Å². The topological polar surface area (TPSA) is 93.7 Å². The van der Waals surface area contributed by atoms with Crippen molar-refractivity contribution in [2.24, 2.45) is 5.41 Å². The minimum absolute atomic E-state index is 0.0207. The van der Waals surface area contributed by atoms with Gasteiger partial charge in [0.15, 0.2) is 22.8 Å². The summed E-state index contributed by atoms with van der Waals surface area (Å²) in [5.74, 6) is 0.762. The summed E-state index contributed by atoms with van der Waals surface area (Å²) in [5.41, 5.74) is 2.45. The number of piperidine rings is 1. The zero-order valence-electron chi connectivity index (χ0n) is 21.0. The fourth-order valence-corrected chi connectivity index (χ4v) is 5.56. The first kappa shape index (κ1) is 23.3. The summed E-state index contributed by atoms with van der Waals surface area (Å²) in [6, 6.07) is 17.0. The van der Waals surface area contributed by atoms with E-state index in [4.69, 9.17) is 9.15 Å². The van der Waals surface area contributed by atoms with Crippen LogP contribution < -0.4 is 4.74 Å². The molecule has 4 aromatic rings. The molecule has 2 aliphatic heterocycles. The largest absolute Gasteiger partial charge is 0.493 e. The van der Waals surface area contributed by atoms with Crippen LogP contribution >= 0.6 is 0 Å². The summed E-state index contributed by atoms with van der Waals surface area (Å²) in [6.07, 6.45) is 2.62. The number of ether oxygens (including phenoxy) is 1. The van der Waals surface area contributed by atoms with Crippen molar-refractivity contribution in [2.75, 3.05) is 33.3 Å². The van der Waals surface area contributed by atoms with Gasteiger partial charge in [-0.15, -0.1) is 5.10 Å². The van der Waals surface area contributed by atoms with Gasteiger partial charge in [0.25, 0.3) is 11.8 Å². The third-order valence-electron chi connectivity index (χ3n) is 7.75. The Morgan fingerprint density at radius 1 is 0.919 bits per heavy atom. The number of carbonyl (C=O) groups is 2. The lowest BCUT2D eigenvalue weighted by Crippen LogP contribution is -2.44. The van der Waals surface area contributed by atoms with Crippen molar-refractivity contribution >= 4 is 22.8 Å². The lowest BCUT2D eigenvalue weighted by molar-refractivity contribution is 0.0541. The first-order valence-electron chi connectivity index (χ1n) is 12.6. The van der Waals surface area contributed by atoms with Crippen LogP contribution in [0.5, 0.6) is 5.75 Å². The summed E-state index contributed by atoms with van der Waals surface area (Å²) in [6.45, 7) is 4.46. The van der Waals surface area contributed by atoms with E-state index >= 15 is 0 Å². The summed E-state index contributed by atoms with van der Waals surface area (Å²) in [7, 11) is 1.59. The van der Waals surface area contributed by atoms with Crippen LogP contribution in [0.4, 0.5) is 0 Å². The number of nitrogens with zero attached hydrogens (tertiary/aromatic N) is 5. The third kappa shape index (κ3) is 4.14. The predicted molar refractivity (Wildman–Crippen MR) is 137 cm³/mol. The Balaban J connectivity index is 1.11. The molecule has 0 aliphatic carbocycles. The summed E-state index contributed by atoms with van der Waals surface area (Å²) in [4.78, 5) is 31.8. The SMILES string of the molecule is COc1cccc2cc(C(=O)N3CCC4(CC3)CCN(C(=O)c3nn(-c5ccccc5)nc3C)C4)oc12. The van der Waals surface area contributed by atoms with Crippen molar-refractivity contribution < 1.29 is 18.7 Å². The standard InChI is InChI=1S/C28H29N5O4/c1-19-24(30-33(29-19)21-8-4-3-5-9-21)27(35)32-16-13-28(18-32)11-14-31(15-12-28)26(34)23-17-20-7-6-10-22(36-2)25(20)37-23/h3-10,17H,11-16,18H2,1-2H3. The molecular weight excluding hydrogens is 470 g/mol. The molecule has 0 N–H and O–H groups in total. The Morgan fingerprint density at radius 3 is 2.38 bits per heavy atom. The van der Waals surface area contributed by atoms with Crippen LogP contribution in [0.3, 0.4) is 0 Å². The molecule has 0 bridgehead atoms. The van der Waals surface area contributed by atoms with E-state index in [2.05, 4.69) is 10.2 Å². The molecule has 0 radical (unpaired) electrons. The normalized spacial score (nSPS) is 17.0. The van der Waals surface area contributed by atoms with E-state index < -0.39 is 0 Å². The van der Waals surface area contributed by atoms with Crippen molar-refractivity contribution in [1.82, 2.24) is 24.8 Å². The Morgan fingerprint density at radius 2 is 1.65 bits per heavy atom. The third-order valence-corrected chi connectivity index (χ3v) is 7.75. The van der Waals surface area contributed by atoms with E-state index in [-0.39, 0.29) is 17.2 Å². The minimum atomic E-state index is -0.104. The molecule has 2 aromatic carbocycles. The molecule has 9 nitrogen and oxygen atoms in total. The predicted octanol–water partition coefficient (Wildman–Crippen LogP) is 4.10. The van der Waals surface area contributed by atoms with E-state index in [1.165, 1.54) is 4.80 Å². The second-order valence-electron chi connectivity index (χ2n) is 10.0. The summed E-state index contributed by atoms with van der Waals surface area (Å²) in [5, 5.41) is 9.81. The number of furan rings is 1. The molecule has 1 spiro atoms. The van der Waals surface area contributed by atoms with Gasteiger partial charge in [0.2, 0.25) is 0 Å².